The van der Waals surface area contributed by atoms with E-state index in [2.05, 4.69) is 38.0 Å². The van der Waals surface area contributed by atoms with E-state index in [0.29, 0.717) is 6.04 Å². The second kappa shape index (κ2) is 6.30. The van der Waals surface area contributed by atoms with Crippen molar-refractivity contribution in [2.24, 2.45) is 5.92 Å². The van der Waals surface area contributed by atoms with Crippen LogP contribution in [0.25, 0.3) is 0 Å². The third kappa shape index (κ3) is 3.22. The first-order valence-corrected chi connectivity index (χ1v) is 7.92. The summed E-state index contributed by atoms with van der Waals surface area (Å²) in [5.74, 6) is 1.76. The lowest BCUT2D eigenvalue weighted by Gasteiger charge is -2.23. The van der Waals surface area contributed by atoms with Gasteiger partial charge in [0, 0.05) is 23.9 Å². The fraction of sp³-hybridized carbons (Fsp3) is 0.571. The van der Waals surface area contributed by atoms with E-state index in [0.717, 1.165) is 24.7 Å². The molecule has 0 aromatic carbocycles. The molecule has 1 aliphatic carbocycles. The van der Waals surface area contributed by atoms with Crippen molar-refractivity contribution < 1.29 is 0 Å². The maximum atomic E-state index is 4.17. The highest BCUT2D eigenvalue weighted by Gasteiger charge is 2.26. The zero-order valence-corrected chi connectivity index (χ0v) is 11.8. The third-order valence-corrected chi connectivity index (χ3v) is 4.87. The number of aromatic amines is 1. The van der Waals surface area contributed by atoms with Crippen LogP contribution in [0.1, 0.15) is 42.4 Å². The van der Waals surface area contributed by atoms with Crippen LogP contribution in [0.4, 0.5) is 0 Å². The lowest BCUT2D eigenvalue weighted by molar-refractivity contribution is 0.373. The van der Waals surface area contributed by atoms with Crippen LogP contribution in [-0.4, -0.2) is 21.7 Å². The fourth-order valence-corrected chi connectivity index (χ4v) is 3.85. The van der Waals surface area contributed by atoms with Gasteiger partial charge in [0.05, 0.1) is 0 Å². The normalized spacial score (nSPS) is 17.9. The van der Waals surface area contributed by atoms with Gasteiger partial charge in [0.1, 0.15) is 12.2 Å². The number of hydrogen-bond acceptors (Lipinski definition) is 4. The molecule has 102 valence electrons. The highest BCUT2D eigenvalue weighted by molar-refractivity contribution is 7.10. The van der Waals surface area contributed by atoms with Crippen molar-refractivity contribution in [3.63, 3.8) is 0 Å². The summed E-state index contributed by atoms with van der Waals surface area (Å²) in [5.41, 5.74) is 0. The van der Waals surface area contributed by atoms with Crippen LogP contribution < -0.4 is 5.32 Å². The second-order valence-electron chi connectivity index (χ2n) is 5.17. The summed E-state index contributed by atoms with van der Waals surface area (Å²) in [6, 6.07) is 4.93. The van der Waals surface area contributed by atoms with E-state index >= 15 is 0 Å². The predicted molar refractivity (Wildman–Crippen MR) is 77.1 cm³/mol. The Kier molecular flexibility index (Phi) is 4.25. The third-order valence-electron chi connectivity index (χ3n) is 3.91. The molecule has 1 aliphatic rings. The molecular formula is C14H20N4S. The standard InChI is InChI=1S/C14H20N4S/c1-2-5-11(4-1)14(12-6-3-9-19-12)15-8-7-13-16-10-17-18-13/h3,6,9-11,14-15H,1-2,4-5,7-8H2,(H,16,17,18). The number of H-pyrrole nitrogens is 1. The van der Waals surface area contributed by atoms with Gasteiger partial charge in [-0.25, -0.2) is 4.98 Å². The molecule has 3 rings (SSSR count). The van der Waals surface area contributed by atoms with E-state index < -0.39 is 0 Å². The van der Waals surface area contributed by atoms with E-state index in [1.54, 1.807) is 6.33 Å². The molecule has 2 aromatic rings. The summed E-state index contributed by atoms with van der Waals surface area (Å²) in [6.07, 6.45) is 7.97. The Morgan fingerprint density at radius 3 is 3.00 bits per heavy atom. The van der Waals surface area contributed by atoms with Crippen LogP contribution in [0.15, 0.2) is 23.8 Å². The molecule has 0 aliphatic heterocycles. The van der Waals surface area contributed by atoms with Crippen LogP contribution in [0, 0.1) is 5.92 Å². The Bertz CT molecular complexity index is 460. The first kappa shape index (κ1) is 12.8. The summed E-state index contributed by atoms with van der Waals surface area (Å²) in [4.78, 5) is 5.65. The van der Waals surface area contributed by atoms with E-state index in [-0.39, 0.29) is 0 Å². The van der Waals surface area contributed by atoms with Gasteiger partial charge in [-0.05, 0) is 30.2 Å². The predicted octanol–water partition coefficient (Wildman–Crippen LogP) is 2.93. The summed E-state index contributed by atoms with van der Waals surface area (Å²) >= 11 is 1.87. The zero-order chi connectivity index (χ0) is 12.9. The summed E-state index contributed by atoms with van der Waals surface area (Å²) in [7, 11) is 0. The fourth-order valence-electron chi connectivity index (χ4n) is 2.96. The monoisotopic (exact) mass is 276 g/mol. The van der Waals surface area contributed by atoms with E-state index in [4.69, 9.17) is 0 Å². The van der Waals surface area contributed by atoms with Crippen LogP contribution in [0.5, 0.6) is 0 Å². The highest BCUT2D eigenvalue weighted by atomic mass is 32.1. The minimum atomic E-state index is 0.519. The molecule has 1 fully saturated rings. The lowest BCUT2D eigenvalue weighted by Crippen LogP contribution is -2.28. The maximum absolute atomic E-state index is 4.17. The molecule has 2 heterocycles. The Balaban J connectivity index is 1.59. The number of aromatic nitrogens is 3. The van der Waals surface area contributed by atoms with Gasteiger partial charge in [0.25, 0.3) is 0 Å². The largest absolute Gasteiger partial charge is 0.309 e. The van der Waals surface area contributed by atoms with Crippen molar-refractivity contribution in [3.8, 4) is 0 Å². The van der Waals surface area contributed by atoms with Crippen LogP contribution in [0.2, 0.25) is 0 Å². The maximum Gasteiger partial charge on any atom is 0.137 e. The SMILES string of the molecule is c1csc(C(NCCc2ncn[nH]2)C2CCCC2)c1. The topological polar surface area (TPSA) is 53.6 Å². The molecule has 19 heavy (non-hydrogen) atoms. The molecule has 0 saturated heterocycles. The van der Waals surface area contributed by atoms with Gasteiger partial charge in [-0.2, -0.15) is 5.10 Å². The number of rotatable bonds is 6. The van der Waals surface area contributed by atoms with Crippen molar-refractivity contribution in [2.75, 3.05) is 6.54 Å². The van der Waals surface area contributed by atoms with Gasteiger partial charge in [0.15, 0.2) is 0 Å². The molecule has 5 heteroatoms. The average molecular weight is 276 g/mol. The van der Waals surface area contributed by atoms with Crippen molar-refractivity contribution in [2.45, 2.75) is 38.1 Å². The van der Waals surface area contributed by atoms with Gasteiger partial charge >= 0.3 is 0 Å². The molecule has 2 N–H and O–H groups in total. The van der Waals surface area contributed by atoms with Crippen LogP contribution >= 0.6 is 11.3 Å². The summed E-state index contributed by atoms with van der Waals surface area (Å²) in [5, 5.41) is 12.7. The average Bonchev–Trinajstić information content (AvgIpc) is 3.15. The van der Waals surface area contributed by atoms with Gasteiger partial charge in [-0.3, -0.25) is 5.10 Å². The minimum Gasteiger partial charge on any atom is -0.309 e. The molecular weight excluding hydrogens is 256 g/mol. The molecule has 1 saturated carbocycles. The zero-order valence-electron chi connectivity index (χ0n) is 11.0. The first-order chi connectivity index (χ1) is 9.43. The van der Waals surface area contributed by atoms with E-state index in [1.165, 1.54) is 30.6 Å². The van der Waals surface area contributed by atoms with Crippen LogP contribution in [0.3, 0.4) is 0 Å². The molecule has 0 amide bonds. The van der Waals surface area contributed by atoms with E-state index in [9.17, 15) is 0 Å². The van der Waals surface area contributed by atoms with Crippen LogP contribution in [-0.2, 0) is 6.42 Å². The van der Waals surface area contributed by atoms with Gasteiger partial charge < -0.3 is 5.32 Å². The molecule has 0 spiro atoms. The Morgan fingerprint density at radius 2 is 2.32 bits per heavy atom. The quantitative estimate of drug-likeness (QED) is 0.853. The Labute approximate surface area is 117 Å². The van der Waals surface area contributed by atoms with Gasteiger partial charge in [-0.15, -0.1) is 11.3 Å². The number of nitrogens with one attached hydrogen (secondary N) is 2. The lowest BCUT2D eigenvalue weighted by atomic mass is 9.96. The Hall–Kier alpha value is -1.20. The minimum absolute atomic E-state index is 0.519. The van der Waals surface area contributed by atoms with E-state index in [1.807, 2.05) is 11.3 Å². The molecule has 1 unspecified atom stereocenters. The molecule has 0 bridgehead atoms. The van der Waals surface area contributed by atoms with Crippen molar-refractivity contribution in [1.82, 2.24) is 20.5 Å². The molecule has 0 radical (unpaired) electrons. The Morgan fingerprint density at radius 1 is 1.42 bits per heavy atom. The number of thiophene rings is 1. The summed E-state index contributed by atoms with van der Waals surface area (Å²) in [6.45, 7) is 0.953. The second-order valence-corrected chi connectivity index (χ2v) is 6.15. The molecule has 4 nitrogen and oxygen atoms in total. The van der Waals surface area contributed by atoms with Crippen molar-refractivity contribution in [1.29, 1.82) is 0 Å². The number of nitrogens with zero attached hydrogens (tertiary/aromatic N) is 2. The van der Waals surface area contributed by atoms with Crippen molar-refractivity contribution in [3.05, 3.63) is 34.5 Å². The smallest absolute Gasteiger partial charge is 0.137 e. The highest BCUT2D eigenvalue weighted by Crippen LogP contribution is 2.37. The first-order valence-electron chi connectivity index (χ1n) is 7.04. The van der Waals surface area contributed by atoms with Crippen molar-refractivity contribution >= 4 is 11.3 Å². The van der Waals surface area contributed by atoms with Gasteiger partial charge in [-0.1, -0.05) is 18.9 Å². The summed E-state index contributed by atoms with van der Waals surface area (Å²) < 4.78 is 0. The van der Waals surface area contributed by atoms with Gasteiger partial charge in [0.2, 0.25) is 0 Å². The molecule has 1 atom stereocenters. The number of hydrogen-bond donors (Lipinski definition) is 2. The molecule has 2 aromatic heterocycles.